The molecule has 0 aliphatic rings. The molecule has 0 aromatic carbocycles. The number of nitrogens with zero attached hydrogens (tertiary/aromatic N) is 1. The van der Waals surface area contributed by atoms with Crippen molar-refractivity contribution < 1.29 is 0 Å². The molecule has 12 heavy (non-hydrogen) atoms. The maximum Gasteiger partial charge on any atom is 0.0626 e. The smallest absolute Gasteiger partial charge is 0.0626 e. The summed E-state index contributed by atoms with van der Waals surface area (Å²) in [5, 5.41) is 1.01. The van der Waals surface area contributed by atoms with Gasteiger partial charge in [-0.05, 0) is 31.1 Å². The lowest BCUT2D eigenvalue weighted by molar-refractivity contribution is 1.23. The van der Waals surface area contributed by atoms with E-state index in [0.29, 0.717) is 0 Å². The lowest BCUT2D eigenvalue weighted by Gasteiger charge is -1.92. The molecule has 1 nitrogen and oxygen atoms in total. The van der Waals surface area contributed by atoms with E-state index in [1.807, 2.05) is 25.3 Å². The van der Waals surface area contributed by atoms with Crippen LogP contribution in [0.15, 0.2) is 24.4 Å². The maximum absolute atomic E-state index is 4.25. The molecule has 0 amide bonds. The average molecular weight is 226 g/mol. The van der Waals surface area contributed by atoms with E-state index in [-0.39, 0.29) is 0 Å². The van der Waals surface area contributed by atoms with Crippen molar-refractivity contribution in [3.63, 3.8) is 0 Å². The summed E-state index contributed by atoms with van der Waals surface area (Å²) in [7, 11) is 0. The van der Waals surface area contributed by atoms with Crippen LogP contribution in [0.1, 0.15) is 17.7 Å². The minimum Gasteiger partial charge on any atom is -0.257 e. The molecule has 1 aromatic heterocycles. The number of hydrogen-bond acceptors (Lipinski definition) is 1. The highest BCUT2D eigenvalue weighted by atomic mass is 79.9. The third-order valence-electron chi connectivity index (χ3n) is 1.50. The van der Waals surface area contributed by atoms with Crippen molar-refractivity contribution in [2.75, 3.05) is 5.33 Å². The van der Waals surface area contributed by atoms with Crippen molar-refractivity contribution in [1.29, 1.82) is 0 Å². The van der Waals surface area contributed by atoms with Gasteiger partial charge in [-0.2, -0.15) is 0 Å². The molecular formula is C10H12BrN. The average Bonchev–Trinajstić information content (AvgIpc) is 2.09. The number of hydrogen-bond donors (Lipinski definition) is 0. The maximum atomic E-state index is 4.25. The Hall–Kier alpha value is -0.630. The summed E-state index contributed by atoms with van der Waals surface area (Å²) < 4.78 is 0. The SMILES string of the molecule is Cc1ccc(C=CCCBr)nc1. The topological polar surface area (TPSA) is 12.9 Å². The van der Waals surface area contributed by atoms with Gasteiger partial charge in [0, 0.05) is 11.5 Å². The zero-order valence-corrected chi connectivity index (χ0v) is 8.71. The first-order valence-corrected chi connectivity index (χ1v) is 5.10. The molecular weight excluding hydrogens is 214 g/mol. The molecule has 0 atom stereocenters. The van der Waals surface area contributed by atoms with Crippen molar-refractivity contribution in [3.8, 4) is 0 Å². The van der Waals surface area contributed by atoms with Crippen LogP contribution in [-0.2, 0) is 0 Å². The van der Waals surface area contributed by atoms with Crippen molar-refractivity contribution in [2.45, 2.75) is 13.3 Å². The van der Waals surface area contributed by atoms with E-state index < -0.39 is 0 Å². The molecule has 0 aliphatic heterocycles. The molecule has 1 rings (SSSR count). The molecule has 1 aromatic rings. The molecule has 0 bridgehead atoms. The summed E-state index contributed by atoms with van der Waals surface area (Å²) in [5.74, 6) is 0. The van der Waals surface area contributed by atoms with Crippen LogP contribution in [0.3, 0.4) is 0 Å². The molecule has 0 radical (unpaired) electrons. The fraction of sp³-hybridized carbons (Fsp3) is 0.300. The lowest BCUT2D eigenvalue weighted by Crippen LogP contribution is -1.80. The first kappa shape index (κ1) is 9.46. The van der Waals surface area contributed by atoms with Gasteiger partial charge in [0.2, 0.25) is 0 Å². The number of aryl methyl sites for hydroxylation is 1. The first-order valence-electron chi connectivity index (χ1n) is 3.98. The number of halogens is 1. The van der Waals surface area contributed by atoms with Crippen LogP contribution >= 0.6 is 15.9 Å². The van der Waals surface area contributed by atoms with Crippen LogP contribution < -0.4 is 0 Å². The van der Waals surface area contributed by atoms with Crippen LogP contribution in [0, 0.1) is 6.92 Å². The zero-order valence-electron chi connectivity index (χ0n) is 7.13. The van der Waals surface area contributed by atoms with E-state index in [1.54, 1.807) is 0 Å². The van der Waals surface area contributed by atoms with E-state index >= 15 is 0 Å². The Balaban J connectivity index is 2.58. The van der Waals surface area contributed by atoms with Crippen LogP contribution in [0.5, 0.6) is 0 Å². The molecule has 0 spiro atoms. The standard InChI is InChI=1S/C10H12BrN/c1-9-5-6-10(12-8-9)4-2-3-7-11/h2,4-6,8H,3,7H2,1H3. The number of pyridine rings is 1. The predicted molar refractivity (Wildman–Crippen MR) is 56.4 cm³/mol. The predicted octanol–water partition coefficient (Wildman–Crippen LogP) is 3.19. The largest absolute Gasteiger partial charge is 0.257 e. The molecule has 0 fully saturated rings. The minimum atomic E-state index is 1.01. The Labute approximate surface area is 81.7 Å². The number of allylic oxidation sites excluding steroid dienone is 1. The van der Waals surface area contributed by atoms with E-state index in [2.05, 4.69) is 33.1 Å². The van der Waals surface area contributed by atoms with Crippen molar-refractivity contribution in [3.05, 3.63) is 35.7 Å². The van der Waals surface area contributed by atoms with Crippen LogP contribution in [0.4, 0.5) is 0 Å². The third kappa shape index (κ3) is 3.18. The highest BCUT2D eigenvalue weighted by Gasteiger charge is 1.86. The summed E-state index contributed by atoms with van der Waals surface area (Å²) in [5.41, 5.74) is 2.23. The molecule has 64 valence electrons. The third-order valence-corrected chi connectivity index (χ3v) is 1.96. The van der Waals surface area contributed by atoms with Gasteiger partial charge in [0.25, 0.3) is 0 Å². The van der Waals surface area contributed by atoms with E-state index in [1.165, 1.54) is 5.56 Å². The normalized spacial score (nSPS) is 10.8. The second-order valence-electron chi connectivity index (χ2n) is 2.64. The highest BCUT2D eigenvalue weighted by molar-refractivity contribution is 9.09. The summed E-state index contributed by atoms with van der Waals surface area (Å²) in [4.78, 5) is 4.25. The highest BCUT2D eigenvalue weighted by Crippen LogP contribution is 2.01. The molecule has 2 heteroatoms. The lowest BCUT2D eigenvalue weighted by atomic mass is 10.2. The molecule has 0 aliphatic carbocycles. The molecule has 0 unspecified atom stereocenters. The fourth-order valence-electron chi connectivity index (χ4n) is 0.845. The summed E-state index contributed by atoms with van der Waals surface area (Å²) in [6.45, 7) is 2.04. The fourth-order valence-corrected chi connectivity index (χ4v) is 1.11. The Morgan fingerprint density at radius 2 is 2.33 bits per heavy atom. The second-order valence-corrected chi connectivity index (χ2v) is 3.43. The van der Waals surface area contributed by atoms with Gasteiger partial charge >= 0.3 is 0 Å². The van der Waals surface area contributed by atoms with Gasteiger partial charge in [0.05, 0.1) is 5.69 Å². The summed E-state index contributed by atoms with van der Waals surface area (Å²) >= 11 is 3.36. The van der Waals surface area contributed by atoms with Gasteiger partial charge in [-0.1, -0.05) is 28.1 Å². The number of rotatable bonds is 3. The Morgan fingerprint density at radius 1 is 1.50 bits per heavy atom. The van der Waals surface area contributed by atoms with Crippen LogP contribution in [-0.4, -0.2) is 10.3 Å². The Bertz CT molecular complexity index is 251. The van der Waals surface area contributed by atoms with Gasteiger partial charge < -0.3 is 0 Å². The van der Waals surface area contributed by atoms with Crippen molar-refractivity contribution >= 4 is 22.0 Å². The summed E-state index contributed by atoms with van der Waals surface area (Å²) in [6, 6.07) is 4.10. The van der Waals surface area contributed by atoms with Gasteiger partial charge in [0.15, 0.2) is 0 Å². The second kappa shape index (κ2) is 5.09. The monoisotopic (exact) mass is 225 g/mol. The van der Waals surface area contributed by atoms with Crippen LogP contribution in [0.25, 0.3) is 6.08 Å². The minimum absolute atomic E-state index is 1.01. The Kier molecular flexibility index (Phi) is 4.01. The van der Waals surface area contributed by atoms with Crippen molar-refractivity contribution in [1.82, 2.24) is 4.98 Å². The Morgan fingerprint density at radius 3 is 2.92 bits per heavy atom. The van der Waals surface area contributed by atoms with E-state index in [0.717, 1.165) is 17.4 Å². The molecule has 1 heterocycles. The molecule has 0 saturated heterocycles. The van der Waals surface area contributed by atoms with Gasteiger partial charge in [-0.15, -0.1) is 0 Å². The number of aromatic nitrogens is 1. The quantitative estimate of drug-likeness (QED) is 0.721. The molecule has 0 saturated carbocycles. The van der Waals surface area contributed by atoms with Gasteiger partial charge in [-0.3, -0.25) is 4.98 Å². The molecule has 0 N–H and O–H groups in total. The van der Waals surface area contributed by atoms with Gasteiger partial charge in [0.1, 0.15) is 0 Å². The van der Waals surface area contributed by atoms with E-state index in [9.17, 15) is 0 Å². The number of alkyl halides is 1. The van der Waals surface area contributed by atoms with Crippen LogP contribution in [0.2, 0.25) is 0 Å². The van der Waals surface area contributed by atoms with Gasteiger partial charge in [-0.25, -0.2) is 0 Å². The van der Waals surface area contributed by atoms with E-state index in [4.69, 9.17) is 0 Å². The van der Waals surface area contributed by atoms with Crippen molar-refractivity contribution in [2.24, 2.45) is 0 Å². The first-order chi connectivity index (χ1) is 5.83. The summed E-state index contributed by atoms with van der Waals surface area (Å²) in [6.07, 6.45) is 7.09. The zero-order chi connectivity index (χ0) is 8.81.